The lowest BCUT2D eigenvalue weighted by Gasteiger charge is -2.24. The monoisotopic (exact) mass is 262 g/mol. The highest BCUT2D eigenvalue weighted by molar-refractivity contribution is 5.90. The molecule has 1 aromatic carbocycles. The van der Waals surface area contributed by atoms with E-state index in [9.17, 15) is 4.79 Å². The molecular weight excluding hydrogens is 240 g/mol. The molecule has 2 rings (SSSR count). The molecule has 0 aliphatic carbocycles. The summed E-state index contributed by atoms with van der Waals surface area (Å²) in [6, 6.07) is 4.96. The minimum Gasteiger partial charge on any atom is -0.478 e. The Kier molecular flexibility index (Phi) is 4.30. The van der Waals surface area contributed by atoms with Gasteiger partial charge in [0, 0.05) is 13.1 Å². The summed E-state index contributed by atoms with van der Waals surface area (Å²) in [5.74, 6) is -0.114. The third-order valence-electron chi connectivity index (χ3n) is 4.04. The highest BCUT2D eigenvalue weighted by Crippen LogP contribution is 2.29. The summed E-state index contributed by atoms with van der Waals surface area (Å²) in [5, 5.41) is 9.07. The molecule has 1 aliphatic rings. The van der Waals surface area contributed by atoms with Gasteiger partial charge in [-0.15, -0.1) is 0 Å². The molecule has 0 bridgehead atoms. The maximum atomic E-state index is 11.1. The summed E-state index contributed by atoms with van der Waals surface area (Å²) >= 11 is 0. The van der Waals surface area contributed by atoms with E-state index in [-0.39, 0.29) is 0 Å². The van der Waals surface area contributed by atoms with Crippen LogP contribution in [0.1, 0.15) is 43.0 Å². The molecule has 0 saturated carbocycles. The molecule has 0 amide bonds. The second kappa shape index (κ2) is 5.95. The van der Waals surface area contributed by atoms with Crippen LogP contribution in [0.15, 0.2) is 18.2 Å². The maximum absolute atomic E-state index is 11.1. The van der Waals surface area contributed by atoms with Crippen LogP contribution in [-0.4, -0.2) is 24.2 Å². The molecule has 1 heterocycles. The Morgan fingerprint density at radius 3 is 2.89 bits per heavy atom. The van der Waals surface area contributed by atoms with Gasteiger partial charge in [-0.1, -0.05) is 13.3 Å². The first kappa shape index (κ1) is 13.7. The molecule has 19 heavy (non-hydrogen) atoms. The average molecular weight is 262 g/mol. The first-order valence-electron chi connectivity index (χ1n) is 6.99. The highest BCUT2D eigenvalue weighted by Gasteiger charge is 2.18. The summed E-state index contributed by atoms with van der Waals surface area (Å²) in [6.07, 6.45) is 4.78. The molecule has 4 heteroatoms. The van der Waals surface area contributed by atoms with Crippen molar-refractivity contribution in [1.82, 2.24) is 0 Å². The molecule has 1 atom stereocenters. The Morgan fingerprint density at radius 2 is 2.21 bits per heavy atom. The smallest absolute Gasteiger partial charge is 0.335 e. The van der Waals surface area contributed by atoms with Crippen molar-refractivity contribution in [3.63, 3.8) is 0 Å². The van der Waals surface area contributed by atoms with Gasteiger partial charge >= 0.3 is 5.97 Å². The van der Waals surface area contributed by atoms with Gasteiger partial charge in [0.2, 0.25) is 0 Å². The van der Waals surface area contributed by atoms with Crippen LogP contribution in [0.2, 0.25) is 0 Å². The predicted molar refractivity (Wildman–Crippen MR) is 77.7 cm³/mol. The standard InChI is InChI=1S/C15H22N2O2/c1-2-11-4-3-8-17(9-7-11)14-10-12(15(18)19)5-6-13(14)16/h5-6,10-11H,2-4,7-9,16H2,1H3,(H,18,19). The van der Waals surface area contributed by atoms with Crippen LogP contribution in [0.4, 0.5) is 11.4 Å². The fraction of sp³-hybridized carbons (Fsp3) is 0.533. The Hall–Kier alpha value is -1.71. The fourth-order valence-corrected chi connectivity index (χ4v) is 2.77. The first-order chi connectivity index (χ1) is 9.11. The van der Waals surface area contributed by atoms with Gasteiger partial charge in [-0.3, -0.25) is 0 Å². The number of aromatic carboxylic acids is 1. The minimum atomic E-state index is -0.900. The van der Waals surface area contributed by atoms with Crippen molar-refractivity contribution < 1.29 is 9.90 Å². The maximum Gasteiger partial charge on any atom is 0.335 e. The van der Waals surface area contributed by atoms with Crippen molar-refractivity contribution in [2.75, 3.05) is 23.7 Å². The molecule has 1 unspecified atom stereocenters. The lowest BCUT2D eigenvalue weighted by molar-refractivity contribution is 0.0697. The Balaban J connectivity index is 2.20. The lowest BCUT2D eigenvalue weighted by Crippen LogP contribution is -2.25. The fourth-order valence-electron chi connectivity index (χ4n) is 2.77. The zero-order chi connectivity index (χ0) is 13.8. The van der Waals surface area contributed by atoms with Crippen molar-refractivity contribution in [2.45, 2.75) is 32.6 Å². The molecule has 3 N–H and O–H groups in total. The van der Waals surface area contributed by atoms with Gasteiger partial charge in [-0.25, -0.2) is 4.79 Å². The molecule has 0 radical (unpaired) electrons. The number of benzene rings is 1. The molecule has 1 fully saturated rings. The molecule has 1 saturated heterocycles. The number of nitrogens with two attached hydrogens (primary N) is 1. The second-order valence-corrected chi connectivity index (χ2v) is 5.27. The van der Waals surface area contributed by atoms with E-state index >= 15 is 0 Å². The summed E-state index contributed by atoms with van der Waals surface area (Å²) in [7, 11) is 0. The first-order valence-corrected chi connectivity index (χ1v) is 6.99. The molecule has 0 aromatic heterocycles. The van der Waals surface area contributed by atoms with Crippen LogP contribution in [-0.2, 0) is 0 Å². The summed E-state index contributed by atoms with van der Waals surface area (Å²) < 4.78 is 0. The quantitative estimate of drug-likeness (QED) is 0.822. The van der Waals surface area contributed by atoms with Crippen LogP contribution in [0.3, 0.4) is 0 Å². The number of carboxylic acids is 1. The van der Waals surface area contributed by atoms with Crippen LogP contribution in [0.25, 0.3) is 0 Å². The molecule has 4 nitrogen and oxygen atoms in total. The van der Waals surface area contributed by atoms with E-state index in [0.29, 0.717) is 11.3 Å². The number of rotatable bonds is 3. The van der Waals surface area contributed by atoms with Gasteiger partial charge in [-0.2, -0.15) is 0 Å². The van der Waals surface area contributed by atoms with Crippen LogP contribution in [0.5, 0.6) is 0 Å². The van der Waals surface area contributed by atoms with Crippen molar-refractivity contribution in [3.8, 4) is 0 Å². The molecule has 0 spiro atoms. The third kappa shape index (κ3) is 3.19. The van der Waals surface area contributed by atoms with Crippen molar-refractivity contribution >= 4 is 17.3 Å². The highest BCUT2D eigenvalue weighted by atomic mass is 16.4. The van der Waals surface area contributed by atoms with E-state index in [0.717, 1.165) is 37.5 Å². The van der Waals surface area contributed by atoms with Gasteiger partial charge in [0.05, 0.1) is 16.9 Å². The number of anilines is 2. The number of nitrogens with zero attached hydrogens (tertiary/aromatic N) is 1. The second-order valence-electron chi connectivity index (χ2n) is 5.27. The summed E-state index contributed by atoms with van der Waals surface area (Å²) in [6.45, 7) is 4.16. The van der Waals surface area contributed by atoms with Crippen LogP contribution >= 0.6 is 0 Å². The van der Waals surface area contributed by atoms with Crippen molar-refractivity contribution in [1.29, 1.82) is 0 Å². The number of nitrogen functional groups attached to an aromatic ring is 1. The Morgan fingerprint density at radius 1 is 1.42 bits per heavy atom. The zero-order valence-corrected chi connectivity index (χ0v) is 11.4. The largest absolute Gasteiger partial charge is 0.478 e. The van der Waals surface area contributed by atoms with Crippen molar-refractivity contribution in [2.24, 2.45) is 5.92 Å². The van der Waals surface area contributed by atoms with Gasteiger partial charge < -0.3 is 15.7 Å². The number of carbonyl (C=O) groups is 1. The summed E-state index contributed by atoms with van der Waals surface area (Å²) in [5.41, 5.74) is 7.85. The van der Waals surface area contributed by atoms with E-state index in [1.807, 2.05) is 0 Å². The topological polar surface area (TPSA) is 66.6 Å². The lowest BCUT2D eigenvalue weighted by atomic mass is 9.98. The van der Waals surface area contributed by atoms with E-state index < -0.39 is 5.97 Å². The Bertz CT molecular complexity index is 459. The van der Waals surface area contributed by atoms with E-state index in [1.165, 1.54) is 12.8 Å². The van der Waals surface area contributed by atoms with Gasteiger partial charge in [0.25, 0.3) is 0 Å². The normalized spacial score (nSPS) is 20.1. The molecule has 104 valence electrons. The van der Waals surface area contributed by atoms with Gasteiger partial charge in [0.15, 0.2) is 0 Å². The van der Waals surface area contributed by atoms with E-state index in [2.05, 4.69) is 11.8 Å². The average Bonchev–Trinajstić information content (AvgIpc) is 2.64. The molecular formula is C15H22N2O2. The molecule has 1 aliphatic heterocycles. The SMILES string of the molecule is CCC1CCCN(c2cc(C(=O)O)ccc2N)CC1. The van der Waals surface area contributed by atoms with Gasteiger partial charge in [0.1, 0.15) is 0 Å². The van der Waals surface area contributed by atoms with Crippen LogP contribution < -0.4 is 10.6 Å². The number of hydrogen-bond acceptors (Lipinski definition) is 3. The Labute approximate surface area is 114 Å². The predicted octanol–water partition coefficient (Wildman–Crippen LogP) is 2.98. The zero-order valence-electron chi connectivity index (χ0n) is 11.4. The van der Waals surface area contributed by atoms with E-state index in [4.69, 9.17) is 10.8 Å². The van der Waals surface area contributed by atoms with Crippen LogP contribution in [0, 0.1) is 5.92 Å². The number of carboxylic acid groups (broad SMARTS) is 1. The molecule has 1 aromatic rings. The number of hydrogen-bond donors (Lipinski definition) is 2. The minimum absolute atomic E-state index is 0.306. The van der Waals surface area contributed by atoms with Gasteiger partial charge in [-0.05, 0) is 43.4 Å². The third-order valence-corrected chi connectivity index (χ3v) is 4.04. The van der Waals surface area contributed by atoms with E-state index in [1.54, 1.807) is 18.2 Å². The van der Waals surface area contributed by atoms with Crippen molar-refractivity contribution in [3.05, 3.63) is 23.8 Å². The summed E-state index contributed by atoms with van der Waals surface area (Å²) in [4.78, 5) is 13.3.